The van der Waals surface area contributed by atoms with E-state index in [1.165, 1.54) is 0 Å². The molecule has 0 aliphatic heterocycles. The molecule has 0 atom stereocenters. The second kappa shape index (κ2) is 46.4. The molecule has 0 aromatic rings. The van der Waals surface area contributed by atoms with Crippen molar-refractivity contribution in [2.24, 2.45) is 0 Å². The summed E-state index contributed by atoms with van der Waals surface area (Å²) in [5.74, 6) is 0. The molecule has 0 saturated heterocycles. The van der Waals surface area contributed by atoms with Gasteiger partial charge in [0, 0.05) is 34.9 Å². The molecule has 0 fully saturated rings. The van der Waals surface area contributed by atoms with Crippen molar-refractivity contribution in [2.45, 2.75) is 26.7 Å². The van der Waals surface area contributed by atoms with Gasteiger partial charge in [-0.3, -0.25) is 0 Å². The average Bonchev–Trinajstić information content (AvgIpc) is 1.71. The summed E-state index contributed by atoms with van der Waals surface area (Å²) in [5, 5.41) is 15.6. The van der Waals surface area contributed by atoms with Crippen LogP contribution < -0.4 is 0 Å². The molecule has 0 bridgehead atoms. The molecule has 72 valence electrons. The average molecular weight is 202 g/mol. The minimum atomic E-state index is 0. The molecule has 0 spiro atoms. The van der Waals surface area contributed by atoms with Crippen LogP contribution >= 0.6 is 0 Å². The molecule has 0 unspecified atom stereocenters. The third-order valence-electron chi connectivity index (χ3n) is 0.512. The van der Waals surface area contributed by atoms with E-state index in [1.807, 2.05) is 0 Å². The van der Waals surface area contributed by atoms with E-state index in [0.29, 0.717) is 6.61 Å². The fourth-order valence-corrected chi connectivity index (χ4v) is 0.158. The third kappa shape index (κ3) is 118. The van der Waals surface area contributed by atoms with Gasteiger partial charge in [0.2, 0.25) is 0 Å². The van der Waals surface area contributed by atoms with E-state index in [9.17, 15) is 0 Å². The standard InChI is InChI=1S/C4H10O.C2H6O.2H2O.Ti/c1-2-3-4-5;1-2-3;;;/h5H,2-4H2,1H3;3H,2H2,1H3;2*1H2;/p-2. The Bertz CT molecular complexity index is 28.5. The van der Waals surface area contributed by atoms with E-state index in [-0.39, 0.29) is 39.3 Å². The minimum Gasteiger partial charge on any atom is -0.870 e. The Labute approximate surface area is 83.1 Å². The van der Waals surface area contributed by atoms with Gasteiger partial charge in [0.05, 0.1) is 0 Å². The van der Waals surface area contributed by atoms with E-state index >= 15 is 0 Å². The number of unbranched alkanes of at least 4 members (excludes halogenated alkanes) is 1. The fraction of sp³-hybridized carbons (Fsp3) is 1.00. The quantitative estimate of drug-likeness (QED) is 0.633. The topological polar surface area (TPSA) is 100 Å². The van der Waals surface area contributed by atoms with Crippen molar-refractivity contribution in [3.05, 3.63) is 0 Å². The first-order valence-electron chi connectivity index (χ1n) is 3.05. The number of hydrogen-bond acceptors (Lipinski definition) is 4. The molecule has 0 heterocycles. The Morgan fingerprint density at radius 3 is 1.27 bits per heavy atom. The predicted molar refractivity (Wildman–Crippen MR) is 38.6 cm³/mol. The summed E-state index contributed by atoms with van der Waals surface area (Å²) in [7, 11) is 0. The SMILES string of the molecule is CCCCO.CCO.[OH-].[OH-].[Ti]. The van der Waals surface area contributed by atoms with Crippen LogP contribution in [0.3, 0.4) is 0 Å². The Morgan fingerprint density at radius 2 is 1.27 bits per heavy atom. The van der Waals surface area contributed by atoms with Gasteiger partial charge in [-0.15, -0.1) is 0 Å². The van der Waals surface area contributed by atoms with E-state index in [0.717, 1.165) is 12.8 Å². The summed E-state index contributed by atoms with van der Waals surface area (Å²) in [6, 6.07) is 0. The van der Waals surface area contributed by atoms with Crippen molar-refractivity contribution in [3.8, 4) is 0 Å². The van der Waals surface area contributed by atoms with Crippen molar-refractivity contribution in [3.63, 3.8) is 0 Å². The van der Waals surface area contributed by atoms with Crippen LogP contribution in [0.15, 0.2) is 0 Å². The number of aliphatic hydroxyl groups is 2. The van der Waals surface area contributed by atoms with Gasteiger partial charge in [0.25, 0.3) is 0 Å². The van der Waals surface area contributed by atoms with Crippen molar-refractivity contribution in [1.82, 2.24) is 0 Å². The summed E-state index contributed by atoms with van der Waals surface area (Å²) in [4.78, 5) is 0. The molecule has 0 aliphatic rings. The first-order valence-corrected chi connectivity index (χ1v) is 3.05. The number of aliphatic hydroxyl groups excluding tert-OH is 2. The molecule has 4 nitrogen and oxygen atoms in total. The zero-order valence-corrected chi connectivity index (χ0v) is 8.68. The van der Waals surface area contributed by atoms with Gasteiger partial charge in [-0.25, -0.2) is 0 Å². The maximum atomic E-state index is 8.07. The molecular weight excluding hydrogens is 184 g/mol. The Hall–Kier alpha value is 0.554. The molecule has 0 amide bonds. The predicted octanol–water partition coefficient (Wildman–Crippen LogP) is 0.421. The first kappa shape index (κ1) is 30.0. The zero-order valence-electron chi connectivity index (χ0n) is 7.12. The van der Waals surface area contributed by atoms with Gasteiger partial charge in [-0.2, -0.15) is 0 Å². The van der Waals surface area contributed by atoms with E-state index < -0.39 is 0 Å². The van der Waals surface area contributed by atoms with Crippen LogP contribution in [-0.2, 0) is 21.7 Å². The maximum Gasteiger partial charge on any atom is 0.0430 e. The molecule has 0 rings (SSSR count). The van der Waals surface area contributed by atoms with Crippen LogP contribution in [0.5, 0.6) is 0 Å². The normalized spacial score (nSPS) is 5.45. The van der Waals surface area contributed by atoms with Crippen molar-refractivity contribution >= 4 is 0 Å². The Kier molecular flexibility index (Phi) is 127. The van der Waals surface area contributed by atoms with Crippen LogP contribution in [0.2, 0.25) is 0 Å². The summed E-state index contributed by atoms with van der Waals surface area (Å²) in [5.41, 5.74) is 0. The molecule has 0 saturated carbocycles. The fourth-order valence-electron chi connectivity index (χ4n) is 0.158. The monoisotopic (exact) mass is 202 g/mol. The van der Waals surface area contributed by atoms with Crippen LogP contribution in [0, 0.1) is 0 Å². The summed E-state index contributed by atoms with van der Waals surface area (Å²) >= 11 is 0. The minimum absolute atomic E-state index is 0. The zero-order chi connectivity index (χ0) is 6.83. The van der Waals surface area contributed by atoms with Crippen LogP contribution in [0.4, 0.5) is 0 Å². The molecule has 0 aliphatic carbocycles. The molecule has 0 aromatic heterocycles. The Morgan fingerprint density at radius 1 is 1.00 bits per heavy atom. The van der Waals surface area contributed by atoms with Crippen LogP contribution in [0.25, 0.3) is 0 Å². The largest absolute Gasteiger partial charge is 0.870 e. The van der Waals surface area contributed by atoms with Crippen molar-refractivity contribution in [1.29, 1.82) is 0 Å². The van der Waals surface area contributed by atoms with E-state index in [1.54, 1.807) is 6.92 Å². The first-order chi connectivity index (χ1) is 3.83. The summed E-state index contributed by atoms with van der Waals surface area (Å²) in [6.45, 7) is 4.33. The Balaban J connectivity index is -0.0000000183. The smallest absolute Gasteiger partial charge is 0.0430 e. The molecule has 11 heavy (non-hydrogen) atoms. The van der Waals surface area contributed by atoms with Gasteiger partial charge in [-0.05, 0) is 13.3 Å². The summed E-state index contributed by atoms with van der Waals surface area (Å²) < 4.78 is 0. The summed E-state index contributed by atoms with van der Waals surface area (Å²) in [6.07, 6.45) is 2.04. The third-order valence-corrected chi connectivity index (χ3v) is 0.512. The maximum absolute atomic E-state index is 8.07. The van der Waals surface area contributed by atoms with E-state index in [2.05, 4.69) is 6.92 Å². The van der Waals surface area contributed by atoms with Crippen molar-refractivity contribution in [2.75, 3.05) is 13.2 Å². The van der Waals surface area contributed by atoms with Crippen molar-refractivity contribution < 1.29 is 42.9 Å². The van der Waals surface area contributed by atoms with Gasteiger partial charge >= 0.3 is 0 Å². The second-order valence-corrected chi connectivity index (χ2v) is 1.39. The van der Waals surface area contributed by atoms with Crippen LogP contribution in [0.1, 0.15) is 26.7 Å². The molecule has 4 N–H and O–H groups in total. The van der Waals surface area contributed by atoms with Gasteiger partial charge < -0.3 is 21.2 Å². The van der Waals surface area contributed by atoms with E-state index in [4.69, 9.17) is 10.2 Å². The van der Waals surface area contributed by atoms with Gasteiger partial charge in [-0.1, -0.05) is 13.3 Å². The number of rotatable bonds is 2. The number of hydrogen-bond donors (Lipinski definition) is 2. The molecule has 5 heteroatoms. The molecule has 0 aromatic carbocycles. The molecule has 0 radical (unpaired) electrons. The van der Waals surface area contributed by atoms with Gasteiger partial charge in [0.15, 0.2) is 0 Å². The van der Waals surface area contributed by atoms with Crippen LogP contribution in [-0.4, -0.2) is 34.4 Å². The molecular formula is C6H18O4Ti-2. The second-order valence-electron chi connectivity index (χ2n) is 1.39. The van der Waals surface area contributed by atoms with Gasteiger partial charge in [0.1, 0.15) is 0 Å².